The Hall–Kier alpha value is -1.38. The molecule has 1 unspecified atom stereocenters. The fraction of sp³-hybridized carbons (Fsp3) is 0.571. The van der Waals surface area contributed by atoms with E-state index in [2.05, 4.69) is 5.32 Å². The van der Waals surface area contributed by atoms with Gasteiger partial charge in [0.1, 0.15) is 13.2 Å². The van der Waals surface area contributed by atoms with E-state index in [1.54, 1.807) is 18.2 Å². The van der Waals surface area contributed by atoms with Gasteiger partial charge in [-0.05, 0) is 17.7 Å². The summed E-state index contributed by atoms with van der Waals surface area (Å²) >= 11 is 0. The fourth-order valence-corrected chi connectivity index (χ4v) is 2.02. The maximum atomic E-state index is 10.2. The van der Waals surface area contributed by atoms with E-state index in [9.17, 15) is 20.4 Å². The molecule has 7 nitrogen and oxygen atoms in total. The van der Waals surface area contributed by atoms with E-state index in [4.69, 9.17) is 9.47 Å². The molecule has 5 N–H and O–H groups in total. The van der Waals surface area contributed by atoms with E-state index in [0.29, 0.717) is 30.3 Å². The van der Waals surface area contributed by atoms with Gasteiger partial charge in [-0.1, -0.05) is 6.07 Å². The van der Waals surface area contributed by atoms with Crippen molar-refractivity contribution in [2.24, 2.45) is 0 Å². The second kappa shape index (κ2) is 7.06. The van der Waals surface area contributed by atoms with Gasteiger partial charge in [0.2, 0.25) is 0 Å². The molecule has 21 heavy (non-hydrogen) atoms. The van der Waals surface area contributed by atoms with Crippen molar-refractivity contribution in [3.05, 3.63) is 23.8 Å². The van der Waals surface area contributed by atoms with Crippen molar-refractivity contribution in [1.82, 2.24) is 5.32 Å². The molecule has 1 aliphatic heterocycles. The maximum Gasteiger partial charge on any atom is 0.161 e. The molecule has 0 radical (unpaired) electrons. The van der Waals surface area contributed by atoms with Crippen LogP contribution < -0.4 is 14.8 Å². The Labute approximate surface area is 122 Å². The summed E-state index contributed by atoms with van der Waals surface area (Å²) in [5.74, 6) is 1.22. The van der Waals surface area contributed by atoms with Gasteiger partial charge in [-0.3, -0.25) is 0 Å². The third-order valence-electron chi connectivity index (χ3n) is 3.53. The van der Waals surface area contributed by atoms with Crippen LogP contribution in [-0.2, 0) is 0 Å². The molecular formula is C14H21NO6. The average Bonchev–Trinajstić information content (AvgIpc) is 2.56. The van der Waals surface area contributed by atoms with Crippen LogP contribution in [0.5, 0.6) is 11.5 Å². The van der Waals surface area contributed by atoms with Crippen molar-refractivity contribution in [2.75, 3.05) is 39.6 Å². The summed E-state index contributed by atoms with van der Waals surface area (Å²) in [6.45, 7) is -0.271. The standard InChI is InChI=1S/C14H21NO6/c16-7-14(8-17,9-18)15-6-11(19)10-1-2-12-13(5-10)21-4-3-20-12/h1-2,5,11,15-19H,3-4,6-9H2. The predicted molar refractivity (Wildman–Crippen MR) is 74.4 cm³/mol. The predicted octanol–water partition coefficient (Wildman–Crippen LogP) is -1.20. The SMILES string of the molecule is OCC(CO)(CO)NCC(O)c1ccc2c(c1)OCCO2. The summed E-state index contributed by atoms with van der Waals surface area (Å²) in [7, 11) is 0. The topological polar surface area (TPSA) is 111 Å². The lowest BCUT2D eigenvalue weighted by Gasteiger charge is -2.30. The van der Waals surface area contributed by atoms with Crippen LogP contribution >= 0.6 is 0 Å². The van der Waals surface area contributed by atoms with E-state index in [-0.39, 0.29) is 6.54 Å². The van der Waals surface area contributed by atoms with Gasteiger partial charge in [0.25, 0.3) is 0 Å². The number of ether oxygens (including phenoxy) is 2. The molecule has 1 aromatic rings. The molecule has 0 saturated heterocycles. The molecule has 0 saturated carbocycles. The summed E-state index contributed by atoms with van der Waals surface area (Å²) in [4.78, 5) is 0. The number of rotatable bonds is 7. The molecule has 7 heteroatoms. The number of nitrogens with one attached hydrogen (secondary N) is 1. The van der Waals surface area contributed by atoms with Gasteiger partial charge in [-0.25, -0.2) is 0 Å². The van der Waals surface area contributed by atoms with E-state index in [1.165, 1.54) is 0 Å². The molecule has 0 aromatic heterocycles. The highest BCUT2D eigenvalue weighted by atomic mass is 16.6. The first-order chi connectivity index (χ1) is 10.1. The van der Waals surface area contributed by atoms with E-state index in [1.807, 2.05) is 0 Å². The van der Waals surface area contributed by atoms with Crippen molar-refractivity contribution in [3.8, 4) is 11.5 Å². The zero-order chi connectivity index (χ0) is 15.3. The average molecular weight is 299 g/mol. The van der Waals surface area contributed by atoms with Crippen LogP contribution in [0.4, 0.5) is 0 Å². The van der Waals surface area contributed by atoms with Gasteiger partial charge in [-0.2, -0.15) is 0 Å². The third-order valence-corrected chi connectivity index (χ3v) is 3.53. The van der Waals surface area contributed by atoms with Crippen LogP contribution in [0.15, 0.2) is 18.2 Å². The molecule has 1 atom stereocenters. The number of hydrogen-bond donors (Lipinski definition) is 5. The van der Waals surface area contributed by atoms with E-state index >= 15 is 0 Å². The molecule has 1 heterocycles. The Balaban J connectivity index is 2.01. The molecule has 118 valence electrons. The summed E-state index contributed by atoms with van der Waals surface area (Å²) in [5.41, 5.74) is -0.594. The quantitative estimate of drug-likeness (QED) is 0.430. The minimum absolute atomic E-state index is 0.0708. The largest absolute Gasteiger partial charge is 0.486 e. The van der Waals surface area contributed by atoms with Gasteiger partial charge >= 0.3 is 0 Å². The lowest BCUT2D eigenvalue weighted by atomic mass is 10.0. The molecule has 2 rings (SSSR count). The van der Waals surface area contributed by atoms with Gasteiger partial charge in [0, 0.05) is 6.54 Å². The number of benzene rings is 1. The number of aliphatic hydroxyl groups excluding tert-OH is 4. The first-order valence-electron chi connectivity index (χ1n) is 6.79. The summed E-state index contributed by atoms with van der Waals surface area (Å²) in [6, 6.07) is 5.14. The zero-order valence-electron chi connectivity index (χ0n) is 11.7. The van der Waals surface area contributed by atoms with Gasteiger partial charge in [-0.15, -0.1) is 0 Å². The molecule has 0 fully saturated rings. The monoisotopic (exact) mass is 299 g/mol. The number of fused-ring (bicyclic) bond motifs is 1. The number of β-amino-alcohol motifs (C(OH)–C–C–N with tert-alkyl or cyclic N) is 1. The van der Waals surface area contributed by atoms with Crippen LogP contribution in [0.1, 0.15) is 11.7 Å². The smallest absolute Gasteiger partial charge is 0.161 e. The zero-order valence-corrected chi connectivity index (χ0v) is 11.7. The molecule has 1 aliphatic rings. The van der Waals surface area contributed by atoms with Crippen molar-refractivity contribution < 1.29 is 29.9 Å². The Morgan fingerprint density at radius 1 is 1.05 bits per heavy atom. The van der Waals surface area contributed by atoms with Crippen LogP contribution in [0.25, 0.3) is 0 Å². The van der Waals surface area contributed by atoms with Crippen molar-refractivity contribution in [3.63, 3.8) is 0 Å². The molecule has 0 bridgehead atoms. The minimum atomic E-state index is -1.21. The van der Waals surface area contributed by atoms with E-state index < -0.39 is 31.5 Å². The first kappa shape index (κ1) is 16.0. The lowest BCUT2D eigenvalue weighted by molar-refractivity contribution is 0.0321. The minimum Gasteiger partial charge on any atom is -0.486 e. The van der Waals surface area contributed by atoms with Crippen LogP contribution in [0, 0.1) is 0 Å². The van der Waals surface area contributed by atoms with Crippen LogP contribution in [-0.4, -0.2) is 65.5 Å². The molecule has 0 aliphatic carbocycles. The molecule has 1 aromatic carbocycles. The van der Waals surface area contributed by atoms with Crippen molar-refractivity contribution in [1.29, 1.82) is 0 Å². The summed E-state index contributed by atoms with van der Waals surface area (Å²) in [6.07, 6.45) is -0.871. The molecule has 0 amide bonds. The second-order valence-electron chi connectivity index (χ2n) is 5.05. The second-order valence-corrected chi connectivity index (χ2v) is 5.05. The Bertz CT molecular complexity index is 455. The van der Waals surface area contributed by atoms with Gasteiger partial charge in [0.05, 0.1) is 31.5 Å². The highest BCUT2D eigenvalue weighted by Crippen LogP contribution is 2.32. The Morgan fingerprint density at radius 3 is 2.29 bits per heavy atom. The van der Waals surface area contributed by atoms with Crippen molar-refractivity contribution in [2.45, 2.75) is 11.6 Å². The third kappa shape index (κ3) is 3.63. The number of aliphatic hydroxyl groups is 4. The summed E-state index contributed by atoms with van der Waals surface area (Å²) < 4.78 is 10.8. The van der Waals surface area contributed by atoms with Crippen molar-refractivity contribution >= 4 is 0 Å². The first-order valence-corrected chi connectivity index (χ1v) is 6.79. The fourth-order valence-electron chi connectivity index (χ4n) is 2.02. The highest BCUT2D eigenvalue weighted by Gasteiger charge is 2.28. The van der Waals surface area contributed by atoms with Crippen LogP contribution in [0.2, 0.25) is 0 Å². The lowest BCUT2D eigenvalue weighted by Crippen LogP contribution is -2.55. The molecule has 0 spiro atoms. The summed E-state index contributed by atoms with van der Waals surface area (Å²) in [5, 5.41) is 40.6. The van der Waals surface area contributed by atoms with Crippen LogP contribution in [0.3, 0.4) is 0 Å². The maximum absolute atomic E-state index is 10.2. The normalized spacial score (nSPS) is 15.8. The molecular weight excluding hydrogens is 278 g/mol. The van der Waals surface area contributed by atoms with Gasteiger partial charge in [0.15, 0.2) is 11.5 Å². The van der Waals surface area contributed by atoms with Gasteiger partial charge < -0.3 is 35.2 Å². The Kier molecular flexibility index (Phi) is 5.38. The highest BCUT2D eigenvalue weighted by molar-refractivity contribution is 5.44. The number of hydrogen-bond acceptors (Lipinski definition) is 7. The van der Waals surface area contributed by atoms with E-state index in [0.717, 1.165) is 0 Å². The Morgan fingerprint density at radius 2 is 1.67 bits per heavy atom.